The quantitative estimate of drug-likeness (QED) is 0.477. The Hall–Kier alpha value is -1.30. The molecule has 0 spiro atoms. The molecule has 6 heteroatoms. The topological polar surface area (TPSA) is 61.8 Å². The van der Waals surface area contributed by atoms with E-state index in [4.69, 9.17) is 8.85 Å². The Balaban J connectivity index is 4.10. The number of methoxy groups -OCH3 is 1. The van der Waals surface area contributed by atoms with E-state index >= 15 is 0 Å². The molecule has 0 atom stereocenters. The maximum atomic E-state index is 10.5. The van der Waals surface area contributed by atoms with Crippen molar-refractivity contribution in [2.75, 3.05) is 7.11 Å². The fourth-order valence-electron chi connectivity index (χ4n) is 0.572. The zero-order valence-electron chi connectivity index (χ0n) is 7.77. The molecule has 0 aliphatic rings. The van der Waals surface area contributed by atoms with Crippen molar-refractivity contribution in [1.82, 2.24) is 0 Å². The Morgan fingerprint density at radius 3 is 1.92 bits per heavy atom. The van der Waals surface area contributed by atoms with Gasteiger partial charge in [-0.1, -0.05) is 0 Å². The third-order valence-electron chi connectivity index (χ3n) is 0.936. The Morgan fingerprint density at radius 1 is 1.15 bits per heavy atom. The van der Waals surface area contributed by atoms with Crippen molar-refractivity contribution in [3.05, 3.63) is 12.0 Å². The van der Waals surface area contributed by atoms with Crippen LogP contribution in [0.2, 0.25) is 0 Å². The molecule has 0 unspecified atom stereocenters. The van der Waals surface area contributed by atoms with E-state index in [-0.39, 0.29) is 0 Å². The first-order valence-corrected chi connectivity index (χ1v) is 5.21. The van der Waals surface area contributed by atoms with E-state index in [1.165, 1.54) is 32.9 Å². The van der Waals surface area contributed by atoms with Gasteiger partial charge in [-0.3, -0.25) is 9.59 Å². The molecule has 0 aliphatic carbocycles. The number of carbonyl (C=O) groups excluding carboxylic acids is 2. The normalized spacial score (nSPS) is 10.2. The summed E-state index contributed by atoms with van der Waals surface area (Å²) in [4.78, 5) is 21.1. The van der Waals surface area contributed by atoms with E-state index in [1.54, 1.807) is 0 Å². The van der Waals surface area contributed by atoms with Crippen LogP contribution in [-0.4, -0.2) is 28.3 Å². The smallest absolute Gasteiger partial charge is 0.478 e. The Bertz CT molecular complexity index is 197. The zero-order valence-corrected chi connectivity index (χ0v) is 8.93. The first kappa shape index (κ1) is 11.7. The molecule has 5 nitrogen and oxygen atoms in total. The van der Waals surface area contributed by atoms with Crippen molar-refractivity contribution in [1.29, 1.82) is 0 Å². The molecule has 0 fully saturated rings. The SMILES string of the molecule is COC=C[SiH](OC(C)=O)OC(C)=O. The van der Waals surface area contributed by atoms with Crippen molar-refractivity contribution in [3.8, 4) is 0 Å². The minimum atomic E-state index is -2.37. The third kappa shape index (κ3) is 7.07. The number of carbonyl (C=O) groups is 2. The van der Waals surface area contributed by atoms with Gasteiger partial charge in [0.15, 0.2) is 0 Å². The molecule has 0 rings (SSSR count). The minimum Gasteiger partial charge on any atom is -0.505 e. The van der Waals surface area contributed by atoms with Crippen molar-refractivity contribution < 1.29 is 23.2 Å². The average molecular weight is 204 g/mol. The van der Waals surface area contributed by atoms with Gasteiger partial charge in [0.25, 0.3) is 11.9 Å². The molecule has 0 N–H and O–H groups in total. The summed E-state index contributed by atoms with van der Waals surface area (Å²) in [6.45, 7) is 2.51. The largest absolute Gasteiger partial charge is 0.505 e. The van der Waals surface area contributed by atoms with E-state index in [0.29, 0.717) is 0 Å². The van der Waals surface area contributed by atoms with E-state index in [2.05, 4.69) is 4.74 Å². The molecule has 0 aliphatic heterocycles. The first-order valence-electron chi connectivity index (χ1n) is 3.60. The third-order valence-corrected chi connectivity index (χ3v) is 2.54. The summed E-state index contributed by atoms with van der Waals surface area (Å²) in [5, 5.41) is 0. The summed E-state index contributed by atoms with van der Waals surface area (Å²) in [5.74, 6) is -0.947. The first-order chi connectivity index (χ1) is 6.06. The Morgan fingerprint density at radius 2 is 1.62 bits per heavy atom. The summed E-state index contributed by atoms with van der Waals surface area (Å²) in [7, 11) is -0.924. The number of hydrogen-bond acceptors (Lipinski definition) is 5. The van der Waals surface area contributed by atoms with Crippen LogP contribution in [0.1, 0.15) is 13.8 Å². The number of hydrogen-bond donors (Lipinski definition) is 0. The van der Waals surface area contributed by atoms with Crippen molar-refractivity contribution >= 4 is 21.2 Å². The molecule has 0 radical (unpaired) electrons. The van der Waals surface area contributed by atoms with Gasteiger partial charge >= 0.3 is 9.28 Å². The lowest BCUT2D eigenvalue weighted by Crippen LogP contribution is -2.25. The highest BCUT2D eigenvalue weighted by molar-refractivity contribution is 6.54. The standard InChI is InChI=1S/C7H12O5Si/c1-6(8)11-13(5-4-10-3)12-7(2)9/h4-5,13H,1-3H3. The highest BCUT2D eigenvalue weighted by Gasteiger charge is 2.15. The highest BCUT2D eigenvalue weighted by atomic mass is 28.3. The minimum absolute atomic E-state index is 0.473. The van der Waals surface area contributed by atoms with Gasteiger partial charge in [0.05, 0.1) is 13.4 Å². The van der Waals surface area contributed by atoms with Crippen molar-refractivity contribution in [3.63, 3.8) is 0 Å². The summed E-state index contributed by atoms with van der Waals surface area (Å²) in [6, 6.07) is 0. The van der Waals surface area contributed by atoms with Gasteiger partial charge in [-0.2, -0.15) is 0 Å². The second-order valence-electron chi connectivity index (χ2n) is 2.15. The summed E-state index contributed by atoms with van der Waals surface area (Å²) < 4.78 is 14.1. The predicted molar refractivity (Wildman–Crippen MR) is 46.8 cm³/mol. The van der Waals surface area contributed by atoms with Crippen LogP contribution in [-0.2, 0) is 23.2 Å². The maximum Gasteiger partial charge on any atom is 0.478 e. The van der Waals surface area contributed by atoms with Gasteiger partial charge in [0.2, 0.25) is 0 Å². The Kier molecular flexibility index (Phi) is 5.61. The lowest BCUT2D eigenvalue weighted by molar-refractivity contribution is -0.137. The molecule has 0 amide bonds. The van der Waals surface area contributed by atoms with Crippen LogP contribution >= 0.6 is 0 Å². The molecule has 0 bridgehead atoms. The van der Waals surface area contributed by atoms with E-state index in [0.717, 1.165) is 0 Å². The zero-order chi connectivity index (χ0) is 10.3. The lowest BCUT2D eigenvalue weighted by atomic mass is 10.9. The summed E-state index contributed by atoms with van der Waals surface area (Å²) in [5.41, 5.74) is 1.45. The number of ether oxygens (including phenoxy) is 1. The van der Waals surface area contributed by atoms with Crippen molar-refractivity contribution in [2.24, 2.45) is 0 Å². The molecular formula is C7H12O5Si. The summed E-state index contributed by atoms with van der Waals surface area (Å²) >= 11 is 0. The van der Waals surface area contributed by atoms with Gasteiger partial charge in [0.1, 0.15) is 0 Å². The second kappa shape index (κ2) is 6.24. The molecule has 0 saturated carbocycles. The van der Waals surface area contributed by atoms with Gasteiger partial charge in [-0.15, -0.1) is 0 Å². The summed E-state index contributed by atoms with van der Waals surface area (Å²) in [6.07, 6.45) is 1.32. The van der Waals surface area contributed by atoms with Gasteiger partial charge in [-0.05, 0) is 0 Å². The van der Waals surface area contributed by atoms with E-state index in [9.17, 15) is 9.59 Å². The van der Waals surface area contributed by atoms with E-state index in [1.807, 2.05) is 0 Å². The fraction of sp³-hybridized carbons (Fsp3) is 0.429. The van der Waals surface area contributed by atoms with Crippen LogP contribution in [0.3, 0.4) is 0 Å². The molecule has 0 aromatic carbocycles. The molecular weight excluding hydrogens is 192 g/mol. The number of rotatable bonds is 4. The van der Waals surface area contributed by atoms with Gasteiger partial charge < -0.3 is 13.6 Å². The Labute approximate surface area is 78.1 Å². The average Bonchev–Trinajstić information content (AvgIpc) is 1.98. The molecule has 0 aromatic rings. The molecule has 0 saturated heterocycles. The van der Waals surface area contributed by atoms with Crippen LogP contribution in [0.4, 0.5) is 0 Å². The molecule has 0 heterocycles. The van der Waals surface area contributed by atoms with E-state index < -0.39 is 21.2 Å². The van der Waals surface area contributed by atoms with Gasteiger partial charge in [-0.25, -0.2) is 0 Å². The van der Waals surface area contributed by atoms with Crippen molar-refractivity contribution in [2.45, 2.75) is 13.8 Å². The van der Waals surface area contributed by atoms with Crippen LogP contribution in [0.15, 0.2) is 12.0 Å². The second-order valence-corrected chi connectivity index (χ2v) is 3.74. The van der Waals surface area contributed by atoms with Crippen LogP contribution in [0.5, 0.6) is 0 Å². The van der Waals surface area contributed by atoms with Crippen LogP contribution < -0.4 is 0 Å². The molecule has 0 aromatic heterocycles. The molecule has 74 valence electrons. The monoisotopic (exact) mass is 204 g/mol. The van der Waals surface area contributed by atoms with Crippen LogP contribution in [0, 0.1) is 0 Å². The fourth-order valence-corrected chi connectivity index (χ4v) is 1.72. The van der Waals surface area contributed by atoms with Crippen LogP contribution in [0.25, 0.3) is 0 Å². The van der Waals surface area contributed by atoms with Gasteiger partial charge in [0, 0.05) is 19.5 Å². The molecule has 13 heavy (non-hydrogen) atoms. The lowest BCUT2D eigenvalue weighted by Gasteiger charge is -2.09. The highest BCUT2D eigenvalue weighted by Crippen LogP contribution is 1.94. The predicted octanol–water partition coefficient (Wildman–Crippen LogP) is 0.0324. The maximum absolute atomic E-state index is 10.5.